The Bertz CT molecular complexity index is 1750. The molecule has 1 N–H and O–H groups in total. The highest BCUT2D eigenvalue weighted by atomic mass is 32.2. The van der Waals surface area contributed by atoms with Crippen LogP contribution in [0.3, 0.4) is 0 Å². The summed E-state index contributed by atoms with van der Waals surface area (Å²) in [4.78, 5) is 54.2. The SMILES string of the molecule is COc1ccc(NC(=O)Cn2c3c(sc2=O)[C@H](c2ccco2)C2C(=O)N(c4cccc(C(F)(F)F)c4)C(=O)C2S3)cc1. The number of furan rings is 1. The summed E-state index contributed by atoms with van der Waals surface area (Å²) in [6.07, 6.45) is -3.29. The van der Waals surface area contributed by atoms with E-state index in [2.05, 4.69) is 5.32 Å². The summed E-state index contributed by atoms with van der Waals surface area (Å²) in [6.45, 7) is -0.370. The van der Waals surface area contributed by atoms with E-state index in [1.54, 1.807) is 36.4 Å². The molecule has 2 aliphatic heterocycles. The number of thioether (sulfide) groups is 1. The number of nitrogens with zero attached hydrogens (tertiary/aromatic N) is 2. The van der Waals surface area contributed by atoms with Gasteiger partial charge in [-0.25, -0.2) is 4.90 Å². The van der Waals surface area contributed by atoms with E-state index in [4.69, 9.17) is 9.15 Å². The van der Waals surface area contributed by atoms with Gasteiger partial charge in [-0.3, -0.25) is 23.7 Å². The molecule has 1 fully saturated rings. The lowest BCUT2D eigenvalue weighted by atomic mass is 9.87. The first-order valence-corrected chi connectivity index (χ1v) is 14.2. The minimum atomic E-state index is -4.67. The van der Waals surface area contributed by atoms with Gasteiger partial charge in [0.1, 0.15) is 23.3 Å². The summed E-state index contributed by atoms with van der Waals surface area (Å²) >= 11 is 1.78. The van der Waals surface area contributed by atoms with Gasteiger partial charge in [0.15, 0.2) is 0 Å². The zero-order valence-electron chi connectivity index (χ0n) is 21.6. The van der Waals surface area contributed by atoms with Crippen molar-refractivity contribution in [1.29, 1.82) is 0 Å². The molecule has 0 aliphatic carbocycles. The van der Waals surface area contributed by atoms with Gasteiger partial charge in [-0.1, -0.05) is 29.2 Å². The van der Waals surface area contributed by atoms with Crippen LogP contribution in [0.1, 0.15) is 22.1 Å². The first-order valence-electron chi connectivity index (χ1n) is 12.5. The molecule has 0 bridgehead atoms. The van der Waals surface area contributed by atoms with Crippen LogP contribution in [0, 0.1) is 5.92 Å². The Hall–Kier alpha value is -4.30. The maximum absolute atomic E-state index is 13.8. The van der Waals surface area contributed by atoms with Gasteiger partial charge in [0.05, 0.1) is 46.4 Å². The zero-order chi connectivity index (χ0) is 29.8. The molecule has 42 heavy (non-hydrogen) atoms. The standard InChI is InChI=1S/C28H20F3N3O6S2/c1-39-17-9-7-15(8-10-17)32-19(35)13-33-26-23(42-27(33)38)20(18-6-3-11-40-18)21-22(41-26)25(37)34(24(21)36)16-5-2-4-14(12-16)28(29,30)31/h2-12,20-22H,13H2,1H3,(H,32,35)/t20-,21?,22?/m1/s1. The minimum Gasteiger partial charge on any atom is -0.497 e. The normalized spacial score (nSPS) is 19.9. The molecule has 2 aliphatic rings. The number of halogens is 3. The summed E-state index contributed by atoms with van der Waals surface area (Å²) < 4.78 is 52.2. The van der Waals surface area contributed by atoms with Gasteiger partial charge in [0.2, 0.25) is 17.7 Å². The number of rotatable bonds is 6. The Morgan fingerprint density at radius 3 is 2.48 bits per heavy atom. The number of thiazole rings is 1. The fourth-order valence-corrected chi connectivity index (χ4v) is 7.88. The second-order valence-electron chi connectivity index (χ2n) is 9.52. The van der Waals surface area contributed by atoms with Crippen LogP contribution in [0.15, 0.2) is 81.2 Å². The molecule has 9 nitrogen and oxygen atoms in total. The number of hydrogen-bond donors (Lipinski definition) is 1. The van der Waals surface area contributed by atoms with E-state index in [1.807, 2.05) is 0 Å². The molecule has 4 aromatic rings. The lowest BCUT2D eigenvalue weighted by Crippen LogP contribution is -2.32. The van der Waals surface area contributed by atoms with Crippen LogP contribution in [-0.2, 0) is 27.1 Å². The average molecular weight is 616 g/mol. The fraction of sp³-hybridized carbons (Fsp3) is 0.214. The molecular weight excluding hydrogens is 595 g/mol. The van der Waals surface area contributed by atoms with Crippen molar-refractivity contribution in [3.63, 3.8) is 0 Å². The lowest BCUT2D eigenvalue weighted by molar-refractivity contribution is -0.137. The van der Waals surface area contributed by atoms with Gasteiger partial charge in [-0.15, -0.1) is 0 Å². The van der Waals surface area contributed by atoms with E-state index in [-0.39, 0.29) is 12.2 Å². The van der Waals surface area contributed by atoms with Gasteiger partial charge >= 0.3 is 11.0 Å². The number of aromatic nitrogens is 1. The number of carbonyl (C=O) groups excluding carboxylic acids is 3. The third kappa shape index (κ3) is 4.79. The highest BCUT2D eigenvalue weighted by Crippen LogP contribution is 2.54. The summed E-state index contributed by atoms with van der Waals surface area (Å²) in [6, 6.07) is 13.8. The van der Waals surface area contributed by atoms with E-state index in [9.17, 15) is 32.3 Å². The topological polar surface area (TPSA) is 111 Å². The molecule has 0 radical (unpaired) electrons. The number of fused-ring (bicyclic) bond motifs is 2. The van der Waals surface area contributed by atoms with E-state index in [0.29, 0.717) is 27.1 Å². The molecule has 6 rings (SSSR count). The molecule has 0 saturated carbocycles. The predicted molar refractivity (Wildman–Crippen MR) is 148 cm³/mol. The number of nitrogens with one attached hydrogen (secondary N) is 1. The number of hydrogen-bond acceptors (Lipinski definition) is 8. The van der Waals surface area contributed by atoms with Crippen molar-refractivity contribution in [2.24, 2.45) is 5.92 Å². The largest absolute Gasteiger partial charge is 0.497 e. The van der Waals surface area contributed by atoms with Gasteiger partial charge in [0, 0.05) is 5.69 Å². The number of benzene rings is 2. The van der Waals surface area contributed by atoms with Gasteiger partial charge in [-0.05, 0) is 54.6 Å². The molecule has 216 valence electrons. The van der Waals surface area contributed by atoms with E-state index < -0.39 is 51.4 Å². The fourth-order valence-electron chi connectivity index (χ4n) is 5.12. The Balaban J connectivity index is 1.36. The van der Waals surface area contributed by atoms with Crippen LogP contribution >= 0.6 is 23.1 Å². The second kappa shape index (κ2) is 10.5. The zero-order valence-corrected chi connectivity index (χ0v) is 23.2. The minimum absolute atomic E-state index is 0.201. The highest BCUT2D eigenvalue weighted by Gasteiger charge is 2.57. The number of methoxy groups -OCH3 is 1. The van der Waals surface area contributed by atoms with Crippen molar-refractivity contribution in [2.45, 2.75) is 28.9 Å². The maximum Gasteiger partial charge on any atom is 0.416 e. The Labute approximate surface area is 243 Å². The number of amides is 3. The average Bonchev–Trinajstić information content (AvgIpc) is 3.66. The van der Waals surface area contributed by atoms with Crippen LogP contribution in [0.5, 0.6) is 5.75 Å². The summed E-state index contributed by atoms with van der Waals surface area (Å²) in [5, 5.41) is 1.97. The van der Waals surface area contributed by atoms with Crippen molar-refractivity contribution < 1.29 is 36.7 Å². The first kappa shape index (κ1) is 27.8. The second-order valence-corrected chi connectivity index (χ2v) is 11.6. The van der Waals surface area contributed by atoms with Crippen molar-refractivity contribution in [3.05, 3.63) is 92.8 Å². The van der Waals surface area contributed by atoms with Gasteiger partial charge in [0.25, 0.3) is 0 Å². The number of anilines is 2. The Morgan fingerprint density at radius 1 is 1.05 bits per heavy atom. The van der Waals surface area contributed by atoms with E-state index >= 15 is 0 Å². The molecule has 3 amide bonds. The van der Waals surface area contributed by atoms with Crippen LogP contribution in [0.2, 0.25) is 0 Å². The Morgan fingerprint density at radius 2 is 1.81 bits per heavy atom. The predicted octanol–water partition coefficient (Wildman–Crippen LogP) is 4.96. The lowest BCUT2D eigenvalue weighted by Gasteiger charge is -2.29. The van der Waals surface area contributed by atoms with Crippen molar-refractivity contribution >= 4 is 52.2 Å². The van der Waals surface area contributed by atoms with E-state index in [1.165, 1.54) is 24.0 Å². The summed E-state index contributed by atoms with van der Waals surface area (Å²) in [7, 11) is 1.51. The third-order valence-corrected chi connectivity index (χ3v) is 9.61. The smallest absolute Gasteiger partial charge is 0.416 e. The van der Waals surface area contributed by atoms with Gasteiger partial charge in [-0.2, -0.15) is 13.2 Å². The van der Waals surface area contributed by atoms with Crippen molar-refractivity contribution in [2.75, 3.05) is 17.3 Å². The molecule has 1 saturated heterocycles. The van der Waals surface area contributed by atoms with Gasteiger partial charge < -0.3 is 14.5 Å². The van der Waals surface area contributed by atoms with Crippen LogP contribution in [0.25, 0.3) is 0 Å². The van der Waals surface area contributed by atoms with Crippen molar-refractivity contribution in [1.82, 2.24) is 4.57 Å². The maximum atomic E-state index is 13.8. The van der Waals surface area contributed by atoms with Crippen LogP contribution < -0.4 is 19.8 Å². The highest BCUT2D eigenvalue weighted by molar-refractivity contribution is 8.00. The number of carbonyl (C=O) groups is 3. The molecule has 2 aromatic heterocycles. The number of imide groups is 1. The van der Waals surface area contributed by atoms with Crippen molar-refractivity contribution in [3.8, 4) is 5.75 Å². The first-order chi connectivity index (χ1) is 20.1. The van der Waals surface area contributed by atoms with Crippen LogP contribution in [-0.4, -0.2) is 34.6 Å². The third-order valence-electron chi connectivity index (χ3n) is 7.01. The molecule has 2 unspecified atom stereocenters. The molecule has 4 heterocycles. The molecule has 14 heteroatoms. The quantitative estimate of drug-likeness (QED) is 0.305. The van der Waals surface area contributed by atoms with E-state index in [0.717, 1.165) is 46.2 Å². The molecule has 0 spiro atoms. The summed E-state index contributed by atoms with van der Waals surface area (Å²) in [5.41, 5.74) is -0.721. The number of alkyl halides is 3. The monoisotopic (exact) mass is 615 g/mol. The Kier molecular flexibility index (Phi) is 6.97. The summed E-state index contributed by atoms with van der Waals surface area (Å²) in [5.74, 6) is -2.92. The molecule has 3 atom stereocenters. The molecular formula is C28H20F3N3O6S2. The van der Waals surface area contributed by atoms with Crippen LogP contribution in [0.4, 0.5) is 24.5 Å². The number of ether oxygens (including phenoxy) is 1. The molecule has 2 aromatic carbocycles.